The third kappa shape index (κ3) is 3.68. The van der Waals surface area contributed by atoms with E-state index in [2.05, 4.69) is 4.98 Å². The molecule has 80 valence electrons. The maximum absolute atomic E-state index is 11.5. The van der Waals surface area contributed by atoms with E-state index >= 15 is 0 Å². The quantitative estimate of drug-likeness (QED) is 0.772. The van der Waals surface area contributed by atoms with Gasteiger partial charge in [-0.2, -0.15) is 5.26 Å². The number of aromatic nitrogens is 1. The van der Waals surface area contributed by atoms with Crippen LogP contribution in [0.5, 0.6) is 0 Å². The molecule has 4 nitrogen and oxygen atoms in total. The van der Waals surface area contributed by atoms with Gasteiger partial charge in [-0.25, -0.2) is 13.4 Å². The van der Waals surface area contributed by atoms with E-state index in [1.165, 1.54) is 12.3 Å². The predicted molar refractivity (Wildman–Crippen MR) is 56.7 cm³/mol. The van der Waals surface area contributed by atoms with E-state index in [0.717, 1.165) is 0 Å². The molecule has 1 aromatic heterocycles. The molecule has 15 heavy (non-hydrogen) atoms. The van der Waals surface area contributed by atoms with E-state index in [4.69, 9.17) is 5.26 Å². The molecule has 1 aromatic rings. The first-order valence-electron chi connectivity index (χ1n) is 4.63. The monoisotopic (exact) mass is 224 g/mol. The largest absolute Gasteiger partial charge is 0.246 e. The van der Waals surface area contributed by atoms with Gasteiger partial charge < -0.3 is 0 Å². The van der Waals surface area contributed by atoms with Gasteiger partial charge in [0.05, 0.1) is 11.5 Å². The van der Waals surface area contributed by atoms with Crippen LogP contribution >= 0.6 is 0 Å². The van der Waals surface area contributed by atoms with Crippen molar-refractivity contribution in [1.82, 2.24) is 4.98 Å². The Morgan fingerprint density at radius 1 is 1.53 bits per heavy atom. The van der Waals surface area contributed by atoms with E-state index in [1.54, 1.807) is 6.07 Å². The van der Waals surface area contributed by atoms with Crippen molar-refractivity contribution in [3.63, 3.8) is 0 Å². The maximum atomic E-state index is 11.5. The highest BCUT2D eigenvalue weighted by Crippen LogP contribution is 2.08. The topological polar surface area (TPSA) is 70.8 Å². The summed E-state index contributed by atoms with van der Waals surface area (Å²) >= 11 is 0. The van der Waals surface area contributed by atoms with Gasteiger partial charge in [0, 0.05) is 6.20 Å². The lowest BCUT2D eigenvalue weighted by Gasteiger charge is -2.02. The molecule has 0 aliphatic rings. The zero-order chi connectivity index (χ0) is 11.3. The second-order valence-corrected chi connectivity index (χ2v) is 5.44. The van der Waals surface area contributed by atoms with Crippen molar-refractivity contribution in [2.24, 2.45) is 0 Å². The summed E-state index contributed by atoms with van der Waals surface area (Å²) in [5, 5.41) is 8.60. The smallest absolute Gasteiger partial charge is 0.154 e. The van der Waals surface area contributed by atoms with Crippen molar-refractivity contribution in [1.29, 1.82) is 5.26 Å². The molecular formula is C10H12N2O2S. The van der Waals surface area contributed by atoms with Gasteiger partial charge in [-0.15, -0.1) is 0 Å². The molecule has 0 saturated heterocycles. The molecule has 0 spiro atoms. The molecule has 0 fully saturated rings. The maximum Gasteiger partial charge on any atom is 0.154 e. The summed E-state index contributed by atoms with van der Waals surface area (Å²) in [5.74, 6) is 0.162. The third-order valence-electron chi connectivity index (χ3n) is 1.84. The van der Waals surface area contributed by atoms with Gasteiger partial charge in [-0.05, 0) is 24.1 Å². The molecule has 1 rings (SSSR count). The standard InChI is InChI=1S/C10H12N2O2S/c1-2-5-15(13,14)8-9-3-4-12-10(6-9)7-11/h3-4,6H,2,5,8H2,1H3. The van der Waals surface area contributed by atoms with Crippen molar-refractivity contribution in [2.45, 2.75) is 19.1 Å². The van der Waals surface area contributed by atoms with Gasteiger partial charge in [-0.1, -0.05) is 6.92 Å². The average molecular weight is 224 g/mol. The average Bonchev–Trinajstić information content (AvgIpc) is 2.17. The molecule has 0 aromatic carbocycles. The fraction of sp³-hybridized carbons (Fsp3) is 0.400. The fourth-order valence-corrected chi connectivity index (χ4v) is 2.72. The summed E-state index contributed by atoms with van der Waals surface area (Å²) in [4.78, 5) is 3.78. The normalized spacial score (nSPS) is 10.9. The van der Waals surface area contributed by atoms with Crippen LogP contribution in [0.3, 0.4) is 0 Å². The van der Waals surface area contributed by atoms with Gasteiger partial charge in [0.15, 0.2) is 9.84 Å². The summed E-state index contributed by atoms with van der Waals surface area (Å²) < 4.78 is 23.0. The van der Waals surface area contributed by atoms with Crippen LogP contribution in [0.25, 0.3) is 0 Å². The second kappa shape index (κ2) is 4.89. The molecule has 1 heterocycles. The zero-order valence-electron chi connectivity index (χ0n) is 8.47. The first-order chi connectivity index (χ1) is 7.07. The summed E-state index contributed by atoms with van der Waals surface area (Å²) in [5.41, 5.74) is 0.870. The molecule has 0 atom stereocenters. The fourth-order valence-electron chi connectivity index (χ4n) is 1.26. The molecule has 0 N–H and O–H groups in total. The Morgan fingerprint density at radius 3 is 2.87 bits per heavy atom. The highest BCUT2D eigenvalue weighted by Gasteiger charge is 2.10. The van der Waals surface area contributed by atoms with Gasteiger partial charge in [0.2, 0.25) is 0 Å². The number of nitriles is 1. The molecular weight excluding hydrogens is 212 g/mol. The first kappa shape index (κ1) is 11.7. The number of sulfone groups is 1. The summed E-state index contributed by atoms with van der Waals surface area (Å²) in [6.07, 6.45) is 2.06. The van der Waals surface area contributed by atoms with Crippen molar-refractivity contribution >= 4 is 9.84 Å². The molecule has 0 aliphatic heterocycles. The molecule has 0 unspecified atom stereocenters. The van der Waals surface area contributed by atoms with Gasteiger partial charge in [0.1, 0.15) is 11.8 Å². The highest BCUT2D eigenvalue weighted by molar-refractivity contribution is 7.90. The lowest BCUT2D eigenvalue weighted by molar-refractivity contribution is 0.594. The van der Waals surface area contributed by atoms with Gasteiger partial charge >= 0.3 is 0 Å². The number of hydrogen-bond acceptors (Lipinski definition) is 4. The minimum atomic E-state index is -3.05. The van der Waals surface area contributed by atoms with Crippen LogP contribution < -0.4 is 0 Å². The Hall–Kier alpha value is -1.41. The number of nitrogens with zero attached hydrogens (tertiary/aromatic N) is 2. The number of hydrogen-bond donors (Lipinski definition) is 0. The third-order valence-corrected chi connectivity index (χ3v) is 3.64. The van der Waals surface area contributed by atoms with E-state index in [0.29, 0.717) is 12.0 Å². The van der Waals surface area contributed by atoms with Crippen LogP contribution in [0.1, 0.15) is 24.6 Å². The Kier molecular flexibility index (Phi) is 3.81. The summed E-state index contributed by atoms with van der Waals surface area (Å²) in [7, 11) is -3.05. The Morgan fingerprint density at radius 2 is 2.27 bits per heavy atom. The summed E-state index contributed by atoms with van der Waals surface area (Å²) in [6, 6.07) is 5.01. The van der Waals surface area contributed by atoms with E-state index in [9.17, 15) is 8.42 Å². The molecule has 0 bridgehead atoms. The van der Waals surface area contributed by atoms with Crippen LogP contribution in [-0.4, -0.2) is 19.2 Å². The minimum absolute atomic E-state index is 0.0158. The molecule has 0 saturated carbocycles. The lowest BCUT2D eigenvalue weighted by atomic mass is 10.2. The van der Waals surface area contributed by atoms with Crippen molar-refractivity contribution in [2.75, 3.05) is 5.75 Å². The van der Waals surface area contributed by atoms with E-state index < -0.39 is 9.84 Å². The van der Waals surface area contributed by atoms with E-state index in [-0.39, 0.29) is 17.2 Å². The molecule has 0 radical (unpaired) electrons. The Bertz CT molecular complexity index is 474. The molecule has 5 heteroatoms. The van der Waals surface area contributed by atoms with Crippen LogP contribution in [0, 0.1) is 11.3 Å². The summed E-state index contributed by atoms with van der Waals surface area (Å²) in [6.45, 7) is 1.82. The Labute approximate surface area is 89.5 Å². The number of pyridine rings is 1. The lowest BCUT2D eigenvalue weighted by Crippen LogP contribution is -2.08. The van der Waals surface area contributed by atoms with Crippen LogP contribution in [0.2, 0.25) is 0 Å². The number of rotatable bonds is 4. The zero-order valence-corrected chi connectivity index (χ0v) is 9.29. The second-order valence-electron chi connectivity index (χ2n) is 3.25. The predicted octanol–water partition coefficient (Wildman–Crippen LogP) is 1.28. The van der Waals surface area contributed by atoms with Crippen LogP contribution in [-0.2, 0) is 15.6 Å². The van der Waals surface area contributed by atoms with Crippen molar-refractivity contribution in [3.05, 3.63) is 29.6 Å². The SMILES string of the molecule is CCCS(=O)(=O)Cc1ccnc(C#N)c1. The highest BCUT2D eigenvalue weighted by atomic mass is 32.2. The van der Waals surface area contributed by atoms with Crippen molar-refractivity contribution < 1.29 is 8.42 Å². The molecule has 0 aliphatic carbocycles. The van der Waals surface area contributed by atoms with E-state index in [1.807, 2.05) is 13.0 Å². The molecule has 0 amide bonds. The van der Waals surface area contributed by atoms with Gasteiger partial charge in [-0.3, -0.25) is 0 Å². The minimum Gasteiger partial charge on any atom is -0.246 e. The van der Waals surface area contributed by atoms with Crippen molar-refractivity contribution in [3.8, 4) is 6.07 Å². The first-order valence-corrected chi connectivity index (χ1v) is 6.45. The van der Waals surface area contributed by atoms with Crippen LogP contribution in [0.15, 0.2) is 18.3 Å². The van der Waals surface area contributed by atoms with Crippen LogP contribution in [0.4, 0.5) is 0 Å². The van der Waals surface area contributed by atoms with Gasteiger partial charge in [0.25, 0.3) is 0 Å². The Balaban J connectivity index is 2.86.